The van der Waals surface area contributed by atoms with E-state index in [2.05, 4.69) is 4.72 Å². The SMILES string of the molecule is O=C(c1ccccc1)c1cc(S(=O)(=O)C(F)(F)F)ccc1NS(=O)(=O)c1ccccc1. The number of alkyl halides is 3. The van der Waals surface area contributed by atoms with Crippen LogP contribution in [-0.4, -0.2) is 28.1 Å². The maximum Gasteiger partial charge on any atom is 0.501 e. The fraction of sp³-hybridized carbons (Fsp3) is 0.0500. The molecule has 1 N–H and O–H groups in total. The Hall–Kier alpha value is -3.18. The van der Waals surface area contributed by atoms with Gasteiger partial charge in [0.2, 0.25) is 0 Å². The van der Waals surface area contributed by atoms with Gasteiger partial charge < -0.3 is 0 Å². The third-order valence-corrected chi connectivity index (χ3v) is 7.05. The minimum Gasteiger partial charge on any atom is -0.289 e. The molecular formula is C20H14F3NO5S2. The van der Waals surface area contributed by atoms with Crippen molar-refractivity contribution in [1.82, 2.24) is 0 Å². The Morgan fingerprint density at radius 3 is 1.84 bits per heavy atom. The first-order chi connectivity index (χ1) is 14.4. The van der Waals surface area contributed by atoms with E-state index in [1.54, 1.807) is 12.1 Å². The number of nitrogens with one attached hydrogen (secondary N) is 1. The Kier molecular flexibility index (Phi) is 5.92. The molecule has 0 saturated heterocycles. The normalized spacial score (nSPS) is 12.4. The molecule has 3 aromatic carbocycles. The average Bonchev–Trinajstić information content (AvgIpc) is 2.73. The first-order valence-corrected chi connectivity index (χ1v) is 11.5. The zero-order chi connectivity index (χ0) is 22.9. The number of sulfone groups is 1. The summed E-state index contributed by atoms with van der Waals surface area (Å²) in [6.07, 6.45) is 0. The van der Waals surface area contributed by atoms with E-state index >= 15 is 0 Å². The molecule has 31 heavy (non-hydrogen) atoms. The summed E-state index contributed by atoms with van der Waals surface area (Å²) in [6.45, 7) is 0. The van der Waals surface area contributed by atoms with Crippen LogP contribution in [0.25, 0.3) is 0 Å². The summed E-state index contributed by atoms with van der Waals surface area (Å²) >= 11 is 0. The van der Waals surface area contributed by atoms with Crippen LogP contribution in [-0.2, 0) is 19.9 Å². The van der Waals surface area contributed by atoms with Crippen LogP contribution in [0.15, 0.2) is 88.7 Å². The fourth-order valence-electron chi connectivity index (χ4n) is 2.65. The van der Waals surface area contributed by atoms with Gasteiger partial charge in [-0.15, -0.1) is 0 Å². The quantitative estimate of drug-likeness (QED) is 0.550. The summed E-state index contributed by atoms with van der Waals surface area (Å²) in [5.41, 5.74) is -6.47. The lowest BCUT2D eigenvalue weighted by molar-refractivity contribution is -0.0436. The Morgan fingerprint density at radius 1 is 0.742 bits per heavy atom. The summed E-state index contributed by atoms with van der Waals surface area (Å²) in [7, 11) is -9.96. The van der Waals surface area contributed by atoms with Crippen molar-refractivity contribution in [1.29, 1.82) is 0 Å². The summed E-state index contributed by atoms with van der Waals surface area (Å²) in [6, 6.07) is 16.3. The van der Waals surface area contributed by atoms with E-state index in [1.165, 1.54) is 48.5 Å². The highest BCUT2D eigenvalue weighted by atomic mass is 32.2. The largest absolute Gasteiger partial charge is 0.501 e. The third-order valence-electron chi connectivity index (χ3n) is 4.18. The van der Waals surface area contributed by atoms with Crippen LogP contribution < -0.4 is 4.72 Å². The molecule has 162 valence electrons. The van der Waals surface area contributed by atoms with Crippen LogP contribution in [0.1, 0.15) is 15.9 Å². The minimum absolute atomic E-state index is 0.0317. The summed E-state index contributed by atoms with van der Waals surface area (Å²) < 4.78 is 90.0. The number of anilines is 1. The van der Waals surface area contributed by atoms with E-state index in [-0.39, 0.29) is 16.1 Å². The van der Waals surface area contributed by atoms with Gasteiger partial charge in [0.15, 0.2) is 5.78 Å². The molecule has 0 spiro atoms. The fourth-order valence-corrected chi connectivity index (χ4v) is 4.54. The molecule has 0 aliphatic heterocycles. The average molecular weight is 469 g/mol. The molecule has 3 rings (SSSR count). The van der Waals surface area contributed by atoms with Crippen LogP contribution in [0.5, 0.6) is 0 Å². The number of halogens is 3. The number of hydrogen-bond donors (Lipinski definition) is 1. The van der Waals surface area contributed by atoms with Gasteiger partial charge >= 0.3 is 5.51 Å². The van der Waals surface area contributed by atoms with Crippen LogP contribution in [0.3, 0.4) is 0 Å². The highest BCUT2D eigenvalue weighted by Gasteiger charge is 2.47. The van der Waals surface area contributed by atoms with E-state index in [0.717, 1.165) is 6.07 Å². The van der Waals surface area contributed by atoms with Crippen molar-refractivity contribution in [2.45, 2.75) is 15.3 Å². The monoisotopic (exact) mass is 469 g/mol. The van der Waals surface area contributed by atoms with Gasteiger partial charge in [0.05, 0.1) is 15.5 Å². The van der Waals surface area contributed by atoms with Crippen molar-refractivity contribution in [3.05, 3.63) is 90.0 Å². The van der Waals surface area contributed by atoms with Crippen molar-refractivity contribution in [3.63, 3.8) is 0 Å². The van der Waals surface area contributed by atoms with E-state index in [4.69, 9.17) is 0 Å². The first kappa shape index (κ1) is 22.5. The molecule has 3 aromatic rings. The van der Waals surface area contributed by atoms with E-state index in [9.17, 15) is 34.8 Å². The van der Waals surface area contributed by atoms with E-state index in [0.29, 0.717) is 12.1 Å². The van der Waals surface area contributed by atoms with Crippen molar-refractivity contribution < 1.29 is 34.8 Å². The van der Waals surface area contributed by atoms with Crippen molar-refractivity contribution in [2.75, 3.05) is 4.72 Å². The Balaban J connectivity index is 2.16. The first-order valence-electron chi connectivity index (χ1n) is 8.56. The lowest BCUT2D eigenvalue weighted by atomic mass is 10.0. The number of sulfonamides is 1. The van der Waals surface area contributed by atoms with Gasteiger partial charge in [-0.05, 0) is 30.3 Å². The molecule has 0 aliphatic rings. The maximum atomic E-state index is 13.0. The Bertz CT molecular complexity index is 1320. The number of carbonyl (C=O) groups excluding carboxylic acids is 1. The van der Waals surface area contributed by atoms with Crippen LogP contribution in [0.4, 0.5) is 18.9 Å². The number of benzene rings is 3. The van der Waals surface area contributed by atoms with Gasteiger partial charge in [0.25, 0.3) is 19.9 Å². The number of hydrogen-bond acceptors (Lipinski definition) is 5. The lowest BCUT2D eigenvalue weighted by Crippen LogP contribution is -2.24. The summed E-state index contributed by atoms with van der Waals surface area (Å²) in [5, 5.41) is 0. The molecule has 0 atom stereocenters. The molecule has 0 heterocycles. The molecule has 0 radical (unpaired) electrons. The van der Waals surface area contributed by atoms with Crippen LogP contribution in [0, 0.1) is 0 Å². The van der Waals surface area contributed by atoms with Crippen molar-refractivity contribution in [3.8, 4) is 0 Å². The lowest BCUT2D eigenvalue weighted by Gasteiger charge is -2.15. The van der Waals surface area contributed by atoms with Crippen molar-refractivity contribution >= 4 is 31.3 Å². The van der Waals surface area contributed by atoms with Gasteiger partial charge in [-0.2, -0.15) is 13.2 Å². The van der Waals surface area contributed by atoms with Gasteiger partial charge in [0.1, 0.15) is 0 Å². The van der Waals surface area contributed by atoms with Gasteiger partial charge in [-0.3, -0.25) is 9.52 Å². The third kappa shape index (κ3) is 4.62. The number of rotatable bonds is 6. The highest BCUT2D eigenvalue weighted by molar-refractivity contribution is 7.93. The maximum absolute atomic E-state index is 13.0. The molecule has 0 aromatic heterocycles. The molecule has 0 fully saturated rings. The van der Waals surface area contributed by atoms with E-state index in [1.807, 2.05) is 0 Å². The predicted molar refractivity (Wildman–Crippen MR) is 107 cm³/mol. The molecule has 0 aliphatic carbocycles. The van der Waals surface area contributed by atoms with Gasteiger partial charge in [-0.25, -0.2) is 16.8 Å². The van der Waals surface area contributed by atoms with Crippen LogP contribution in [0.2, 0.25) is 0 Å². The molecular weight excluding hydrogens is 455 g/mol. The second-order valence-electron chi connectivity index (χ2n) is 6.27. The summed E-state index contributed by atoms with van der Waals surface area (Å²) in [5.74, 6) is -0.856. The molecule has 0 bridgehead atoms. The zero-order valence-electron chi connectivity index (χ0n) is 15.5. The number of ketones is 1. The smallest absolute Gasteiger partial charge is 0.289 e. The standard InChI is InChI=1S/C20H14F3NO5S2/c21-20(22,23)30(26,27)16-11-12-18(24-31(28,29)15-9-5-2-6-10-15)17(13-16)19(25)14-7-3-1-4-8-14/h1-13,24H. The van der Waals surface area contributed by atoms with Crippen LogP contribution >= 0.6 is 0 Å². The van der Waals surface area contributed by atoms with Gasteiger partial charge in [0, 0.05) is 11.1 Å². The highest BCUT2D eigenvalue weighted by Crippen LogP contribution is 2.33. The Morgan fingerprint density at radius 2 is 1.29 bits per heavy atom. The molecule has 0 saturated carbocycles. The topological polar surface area (TPSA) is 97.4 Å². The summed E-state index contributed by atoms with van der Waals surface area (Å²) in [4.78, 5) is 11.6. The molecule has 11 heteroatoms. The molecule has 0 amide bonds. The second-order valence-corrected chi connectivity index (χ2v) is 9.89. The van der Waals surface area contributed by atoms with Crippen molar-refractivity contribution in [2.24, 2.45) is 0 Å². The molecule has 0 unspecified atom stereocenters. The van der Waals surface area contributed by atoms with Gasteiger partial charge in [-0.1, -0.05) is 48.5 Å². The zero-order valence-corrected chi connectivity index (χ0v) is 17.1. The molecule has 6 nitrogen and oxygen atoms in total. The predicted octanol–water partition coefficient (Wildman–Crippen LogP) is 4.01. The second kappa shape index (κ2) is 8.16. The minimum atomic E-state index is -5.76. The van der Waals surface area contributed by atoms with E-state index < -0.39 is 41.6 Å². The number of carbonyl (C=O) groups is 1. The Labute approximate surface area is 176 Å².